The molecule has 2 nitrogen and oxygen atoms in total. The van der Waals surface area contributed by atoms with Crippen LogP contribution in [-0.2, 0) is 9.47 Å². The fourth-order valence-electron chi connectivity index (χ4n) is 2.12. The van der Waals surface area contributed by atoms with Crippen LogP contribution < -0.4 is 0 Å². The first-order valence-corrected chi connectivity index (χ1v) is 5.25. The number of ether oxygens (including phenoxy) is 2. The molecule has 74 valence electrons. The van der Waals surface area contributed by atoms with Gasteiger partial charge in [0.1, 0.15) is 0 Å². The van der Waals surface area contributed by atoms with Crippen molar-refractivity contribution >= 4 is 0 Å². The van der Waals surface area contributed by atoms with Gasteiger partial charge in [0.25, 0.3) is 0 Å². The Morgan fingerprint density at radius 3 is 2.23 bits per heavy atom. The molecule has 0 aromatic heterocycles. The summed E-state index contributed by atoms with van der Waals surface area (Å²) in [5.41, 5.74) is 0. The zero-order chi connectivity index (χ0) is 9.15. The average molecular weight is 182 g/mol. The van der Waals surface area contributed by atoms with Crippen molar-refractivity contribution in [2.75, 3.05) is 13.2 Å². The van der Waals surface area contributed by atoms with Gasteiger partial charge in [0.15, 0.2) is 5.79 Å². The Hall–Kier alpha value is -0.340. The minimum atomic E-state index is -0.211. The average Bonchev–Trinajstić information content (AvgIpc) is 2.20. The zero-order valence-electron chi connectivity index (χ0n) is 8.13. The van der Waals surface area contributed by atoms with E-state index in [4.69, 9.17) is 9.47 Å². The molecule has 0 bridgehead atoms. The van der Waals surface area contributed by atoms with Crippen molar-refractivity contribution in [2.45, 2.75) is 37.9 Å². The Morgan fingerprint density at radius 2 is 1.69 bits per heavy atom. The minimum Gasteiger partial charge on any atom is -0.349 e. The summed E-state index contributed by atoms with van der Waals surface area (Å²) in [7, 11) is 0. The van der Waals surface area contributed by atoms with Gasteiger partial charge in [-0.1, -0.05) is 12.5 Å². The summed E-state index contributed by atoms with van der Waals surface area (Å²) < 4.78 is 11.6. The molecule has 1 aliphatic heterocycles. The lowest BCUT2D eigenvalue weighted by molar-refractivity contribution is -0.290. The van der Waals surface area contributed by atoms with Crippen molar-refractivity contribution in [3.8, 4) is 0 Å². The number of hydrogen-bond acceptors (Lipinski definition) is 2. The van der Waals surface area contributed by atoms with Gasteiger partial charge in [-0.25, -0.2) is 0 Å². The van der Waals surface area contributed by atoms with Gasteiger partial charge in [-0.05, 0) is 12.8 Å². The molecule has 13 heavy (non-hydrogen) atoms. The molecule has 1 aliphatic carbocycles. The summed E-state index contributed by atoms with van der Waals surface area (Å²) in [4.78, 5) is 0. The van der Waals surface area contributed by atoms with Crippen molar-refractivity contribution in [1.82, 2.24) is 0 Å². The summed E-state index contributed by atoms with van der Waals surface area (Å²) in [5.74, 6) is 0.185. The molecule has 0 aromatic rings. The second kappa shape index (κ2) is 3.81. The van der Waals surface area contributed by atoms with Gasteiger partial charge in [0.2, 0.25) is 0 Å². The lowest BCUT2D eigenvalue weighted by atomic mass is 9.93. The number of hydrogen-bond donors (Lipinski definition) is 0. The predicted octanol–water partition coefficient (Wildman–Crippen LogP) is 2.50. The lowest BCUT2D eigenvalue weighted by Gasteiger charge is -2.41. The highest BCUT2D eigenvalue weighted by atomic mass is 16.7. The van der Waals surface area contributed by atoms with Crippen LogP contribution >= 0.6 is 0 Å². The van der Waals surface area contributed by atoms with E-state index in [-0.39, 0.29) is 5.79 Å². The third-order valence-electron chi connectivity index (χ3n) is 3.07. The third-order valence-corrected chi connectivity index (χ3v) is 3.07. The molecule has 2 fully saturated rings. The van der Waals surface area contributed by atoms with E-state index >= 15 is 0 Å². The largest absolute Gasteiger partial charge is 0.349 e. The maximum atomic E-state index is 5.82. The van der Waals surface area contributed by atoms with E-state index in [2.05, 4.69) is 6.58 Å². The molecule has 2 aliphatic rings. The van der Waals surface area contributed by atoms with Gasteiger partial charge in [0.05, 0.1) is 13.2 Å². The van der Waals surface area contributed by atoms with Gasteiger partial charge in [-0.2, -0.15) is 0 Å². The van der Waals surface area contributed by atoms with Crippen LogP contribution in [-0.4, -0.2) is 19.0 Å². The Morgan fingerprint density at radius 1 is 1.08 bits per heavy atom. The second-order valence-corrected chi connectivity index (χ2v) is 4.09. The van der Waals surface area contributed by atoms with Gasteiger partial charge >= 0.3 is 0 Å². The molecule has 1 spiro atoms. The molecule has 0 atom stereocenters. The highest BCUT2D eigenvalue weighted by Gasteiger charge is 2.37. The highest BCUT2D eigenvalue weighted by Crippen LogP contribution is 2.35. The molecular formula is C11H18O2. The van der Waals surface area contributed by atoms with E-state index in [1.807, 2.05) is 6.08 Å². The first-order chi connectivity index (χ1) is 6.35. The fraction of sp³-hybridized carbons (Fsp3) is 0.818. The van der Waals surface area contributed by atoms with Crippen molar-refractivity contribution in [1.29, 1.82) is 0 Å². The van der Waals surface area contributed by atoms with Crippen LogP contribution in [0.5, 0.6) is 0 Å². The summed E-state index contributed by atoms with van der Waals surface area (Å²) in [5, 5.41) is 0. The van der Waals surface area contributed by atoms with Crippen molar-refractivity contribution < 1.29 is 9.47 Å². The molecule has 0 aromatic carbocycles. The minimum absolute atomic E-state index is 0.211. The normalized spacial score (nSPS) is 28.9. The molecule has 0 amide bonds. The fourth-order valence-corrected chi connectivity index (χ4v) is 2.12. The van der Waals surface area contributed by atoms with Crippen LogP contribution in [0.25, 0.3) is 0 Å². The van der Waals surface area contributed by atoms with Crippen molar-refractivity contribution in [2.24, 2.45) is 5.92 Å². The molecule has 1 saturated heterocycles. The number of rotatable bonds is 1. The molecule has 1 heterocycles. The molecular weight excluding hydrogens is 164 g/mol. The molecule has 0 unspecified atom stereocenters. The quantitative estimate of drug-likeness (QED) is 0.580. The van der Waals surface area contributed by atoms with E-state index < -0.39 is 0 Å². The summed E-state index contributed by atoms with van der Waals surface area (Å²) in [6.45, 7) is 5.35. The van der Waals surface area contributed by atoms with E-state index in [0.717, 1.165) is 26.1 Å². The van der Waals surface area contributed by atoms with E-state index in [1.54, 1.807) is 0 Å². The standard InChI is InChI=1S/C11H18O2/c1-2-10-8-12-11(13-9-10)6-4-3-5-7-11/h2,10H,1,3-9H2. The lowest BCUT2D eigenvalue weighted by Crippen LogP contribution is -2.45. The highest BCUT2D eigenvalue weighted by molar-refractivity contribution is 4.85. The summed E-state index contributed by atoms with van der Waals surface area (Å²) in [6, 6.07) is 0. The Labute approximate surface area is 79.9 Å². The van der Waals surface area contributed by atoms with Gasteiger partial charge in [-0.3, -0.25) is 0 Å². The van der Waals surface area contributed by atoms with Crippen LogP contribution in [0.1, 0.15) is 32.1 Å². The summed E-state index contributed by atoms with van der Waals surface area (Å²) in [6.07, 6.45) is 7.92. The second-order valence-electron chi connectivity index (χ2n) is 4.09. The molecule has 1 saturated carbocycles. The molecule has 0 N–H and O–H groups in total. The van der Waals surface area contributed by atoms with Gasteiger partial charge in [0, 0.05) is 18.8 Å². The Bertz CT molecular complexity index is 173. The summed E-state index contributed by atoms with van der Waals surface area (Å²) >= 11 is 0. The topological polar surface area (TPSA) is 18.5 Å². The van der Waals surface area contributed by atoms with Crippen LogP contribution in [0.4, 0.5) is 0 Å². The Kier molecular flexibility index (Phi) is 2.70. The first kappa shape index (κ1) is 9.22. The van der Waals surface area contributed by atoms with Crippen LogP contribution in [0, 0.1) is 5.92 Å². The predicted molar refractivity (Wildman–Crippen MR) is 51.4 cm³/mol. The van der Waals surface area contributed by atoms with Crippen LogP contribution in [0.3, 0.4) is 0 Å². The van der Waals surface area contributed by atoms with Crippen molar-refractivity contribution in [3.05, 3.63) is 12.7 Å². The van der Waals surface area contributed by atoms with Crippen molar-refractivity contribution in [3.63, 3.8) is 0 Å². The van der Waals surface area contributed by atoms with E-state index in [0.29, 0.717) is 5.92 Å². The zero-order valence-corrected chi connectivity index (χ0v) is 8.13. The maximum absolute atomic E-state index is 5.82. The smallest absolute Gasteiger partial charge is 0.168 e. The third kappa shape index (κ3) is 1.94. The van der Waals surface area contributed by atoms with Gasteiger partial charge in [-0.15, -0.1) is 6.58 Å². The van der Waals surface area contributed by atoms with Crippen LogP contribution in [0.15, 0.2) is 12.7 Å². The molecule has 2 rings (SSSR count). The van der Waals surface area contributed by atoms with E-state index in [9.17, 15) is 0 Å². The monoisotopic (exact) mass is 182 g/mol. The molecule has 2 heteroatoms. The SMILES string of the molecule is C=CC1COC2(CCCCC2)OC1. The van der Waals surface area contributed by atoms with E-state index in [1.165, 1.54) is 19.3 Å². The first-order valence-electron chi connectivity index (χ1n) is 5.25. The van der Waals surface area contributed by atoms with Crippen LogP contribution in [0.2, 0.25) is 0 Å². The van der Waals surface area contributed by atoms with Gasteiger partial charge < -0.3 is 9.47 Å². The Balaban J connectivity index is 1.91. The molecule has 0 radical (unpaired) electrons. The maximum Gasteiger partial charge on any atom is 0.168 e.